The molecule has 1 rings (SSSR count). The molecule has 0 saturated heterocycles. The highest BCUT2D eigenvalue weighted by Crippen LogP contribution is 2.02. The van der Waals surface area contributed by atoms with Crippen molar-refractivity contribution >= 4 is 0 Å². The number of aromatic nitrogens is 2. The van der Waals surface area contributed by atoms with Gasteiger partial charge in [0.15, 0.2) is 0 Å². The Balaban J connectivity index is 3.07. The van der Waals surface area contributed by atoms with E-state index < -0.39 is 0 Å². The van der Waals surface area contributed by atoms with Crippen LogP contribution in [0.1, 0.15) is 31.7 Å². The van der Waals surface area contributed by atoms with E-state index in [2.05, 4.69) is 4.98 Å². The first-order chi connectivity index (χ1) is 7.22. The minimum Gasteiger partial charge on any atom is -0.396 e. The molecule has 1 N–H and O–H groups in total. The SMILES string of the molecule is CCc1cc(CC)n(CCCO)c(=O)n1. The van der Waals surface area contributed by atoms with E-state index in [0.29, 0.717) is 13.0 Å². The lowest BCUT2D eigenvalue weighted by Gasteiger charge is -2.11. The van der Waals surface area contributed by atoms with Crippen molar-refractivity contribution in [2.45, 2.75) is 39.7 Å². The number of rotatable bonds is 5. The Kier molecular flexibility index (Phi) is 4.49. The second-order valence-electron chi connectivity index (χ2n) is 3.46. The molecule has 0 spiro atoms. The first-order valence-corrected chi connectivity index (χ1v) is 5.43. The van der Waals surface area contributed by atoms with Crippen LogP contribution in [-0.4, -0.2) is 21.3 Å². The lowest BCUT2D eigenvalue weighted by atomic mass is 10.2. The second kappa shape index (κ2) is 5.66. The third-order valence-corrected chi connectivity index (χ3v) is 2.41. The van der Waals surface area contributed by atoms with E-state index in [1.165, 1.54) is 0 Å². The monoisotopic (exact) mass is 210 g/mol. The molecule has 15 heavy (non-hydrogen) atoms. The lowest BCUT2D eigenvalue weighted by molar-refractivity contribution is 0.278. The minimum atomic E-state index is -0.195. The topological polar surface area (TPSA) is 55.1 Å². The van der Waals surface area contributed by atoms with E-state index in [4.69, 9.17) is 5.11 Å². The first kappa shape index (κ1) is 11.9. The largest absolute Gasteiger partial charge is 0.396 e. The van der Waals surface area contributed by atoms with Gasteiger partial charge in [0, 0.05) is 24.5 Å². The fourth-order valence-electron chi connectivity index (χ4n) is 1.55. The van der Waals surface area contributed by atoms with E-state index in [1.54, 1.807) is 4.57 Å². The highest BCUT2D eigenvalue weighted by Gasteiger charge is 2.05. The summed E-state index contributed by atoms with van der Waals surface area (Å²) in [7, 11) is 0. The summed E-state index contributed by atoms with van der Waals surface area (Å²) in [5.74, 6) is 0. The molecule has 0 fully saturated rings. The van der Waals surface area contributed by atoms with Crippen molar-refractivity contribution in [2.75, 3.05) is 6.61 Å². The maximum Gasteiger partial charge on any atom is 0.347 e. The molecule has 0 aliphatic heterocycles. The first-order valence-electron chi connectivity index (χ1n) is 5.43. The van der Waals surface area contributed by atoms with Gasteiger partial charge < -0.3 is 5.11 Å². The quantitative estimate of drug-likeness (QED) is 0.780. The van der Waals surface area contributed by atoms with Gasteiger partial charge in [-0.1, -0.05) is 13.8 Å². The summed E-state index contributed by atoms with van der Waals surface area (Å²) in [6.07, 6.45) is 2.19. The van der Waals surface area contributed by atoms with Gasteiger partial charge in [-0.15, -0.1) is 0 Å². The summed E-state index contributed by atoms with van der Waals surface area (Å²) in [6.45, 7) is 4.66. The molecule has 0 radical (unpaired) electrons. The van der Waals surface area contributed by atoms with Gasteiger partial charge in [-0.05, 0) is 25.3 Å². The van der Waals surface area contributed by atoms with Crippen LogP contribution in [0.15, 0.2) is 10.9 Å². The Morgan fingerprint density at radius 2 is 2.13 bits per heavy atom. The number of nitrogens with zero attached hydrogens (tertiary/aromatic N) is 2. The summed E-state index contributed by atoms with van der Waals surface area (Å²) in [5.41, 5.74) is 1.65. The van der Waals surface area contributed by atoms with Gasteiger partial charge in [0.2, 0.25) is 0 Å². The van der Waals surface area contributed by atoms with E-state index >= 15 is 0 Å². The van der Waals surface area contributed by atoms with E-state index in [9.17, 15) is 4.79 Å². The van der Waals surface area contributed by atoms with Gasteiger partial charge in [0.25, 0.3) is 0 Å². The maximum atomic E-state index is 11.7. The average Bonchev–Trinajstić information content (AvgIpc) is 2.26. The Morgan fingerprint density at radius 1 is 1.40 bits per heavy atom. The number of aryl methyl sites for hydroxylation is 2. The zero-order valence-corrected chi connectivity index (χ0v) is 9.36. The molecule has 4 nitrogen and oxygen atoms in total. The van der Waals surface area contributed by atoms with Gasteiger partial charge in [-0.2, -0.15) is 4.98 Å². The molecular formula is C11H18N2O2. The van der Waals surface area contributed by atoms with E-state index in [-0.39, 0.29) is 12.3 Å². The number of aliphatic hydroxyl groups excluding tert-OH is 1. The van der Waals surface area contributed by atoms with E-state index in [1.807, 2.05) is 19.9 Å². The number of hydrogen-bond acceptors (Lipinski definition) is 3. The van der Waals surface area contributed by atoms with E-state index in [0.717, 1.165) is 24.2 Å². The molecular weight excluding hydrogens is 192 g/mol. The molecule has 1 heterocycles. The maximum absolute atomic E-state index is 11.7. The van der Waals surface area contributed by atoms with Crippen LogP contribution in [-0.2, 0) is 19.4 Å². The van der Waals surface area contributed by atoms with Crippen molar-refractivity contribution in [1.29, 1.82) is 0 Å². The average molecular weight is 210 g/mol. The third-order valence-electron chi connectivity index (χ3n) is 2.41. The smallest absolute Gasteiger partial charge is 0.347 e. The van der Waals surface area contributed by atoms with Crippen molar-refractivity contribution < 1.29 is 5.11 Å². The van der Waals surface area contributed by atoms with Crippen LogP contribution in [0, 0.1) is 0 Å². The van der Waals surface area contributed by atoms with Crippen molar-refractivity contribution in [1.82, 2.24) is 9.55 Å². The molecule has 0 aliphatic carbocycles. The highest BCUT2D eigenvalue weighted by molar-refractivity contribution is 5.10. The van der Waals surface area contributed by atoms with Gasteiger partial charge in [-0.3, -0.25) is 4.57 Å². The Labute approximate surface area is 89.6 Å². The van der Waals surface area contributed by atoms with Crippen molar-refractivity contribution in [3.8, 4) is 0 Å². The van der Waals surface area contributed by atoms with Crippen molar-refractivity contribution in [3.63, 3.8) is 0 Å². The number of hydrogen-bond donors (Lipinski definition) is 1. The zero-order valence-electron chi connectivity index (χ0n) is 9.36. The predicted octanol–water partition coefficient (Wildman–Crippen LogP) is 0.750. The molecule has 84 valence electrons. The fourth-order valence-corrected chi connectivity index (χ4v) is 1.55. The van der Waals surface area contributed by atoms with Crippen LogP contribution in [0.4, 0.5) is 0 Å². The molecule has 0 saturated carbocycles. The normalized spacial score (nSPS) is 10.6. The van der Waals surface area contributed by atoms with Crippen LogP contribution in [0.2, 0.25) is 0 Å². The summed E-state index contributed by atoms with van der Waals surface area (Å²) in [5, 5.41) is 8.75. The predicted molar refractivity (Wildman–Crippen MR) is 59.0 cm³/mol. The molecule has 4 heteroatoms. The molecule has 0 aliphatic rings. The van der Waals surface area contributed by atoms with Gasteiger partial charge in [0.05, 0.1) is 0 Å². The second-order valence-corrected chi connectivity index (χ2v) is 3.46. The van der Waals surface area contributed by atoms with Crippen LogP contribution in [0.3, 0.4) is 0 Å². The molecule has 0 unspecified atom stereocenters. The lowest BCUT2D eigenvalue weighted by Crippen LogP contribution is -2.27. The molecule has 1 aromatic rings. The highest BCUT2D eigenvalue weighted by atomic mass is 16.3. The van der Waals surface area contributed by atoms with Gasteiger partial charge >= 0.3 is 5.69 Å². The van der Waals surface area contributed by atoms with Crippen LogP contribution >= 0.6 is 0 Å². The minimum absolute atomic E-state index is 0.102. The van der Waals surface area contributed by atoms with Crippen LogP contribution in [0.25, 0.3) is 0 Å². The Hall–Kier alpha value is -1.16. The van der Waals surface area contributed by atoms with Crippen LogP contribution < -0.4 is 5.69 Å². The molecule has 1 aromatic heterocycles. The summed E-state index contributed by atoms with van der Waals surface area (Å²) in [4.78, 5) is 15.6. The molecule has 0 amide bonds. The van der Waals surface area contributed by atoms with Gasteiger partial charge in [-0.25, -0.2) is 4.79 Å². The molecule has 0 bridgehead atoms. The fraction of sp³-hybridized carbons (Fsp3) is 0.636. The Bertz CT molecular complexity index is 371. The van der Waals surface area contributed by atoms with Gasteiger partial charge in [0.1, 0.15) is 0 Å². The summed E-state index contributed by atoms with van der Waals surface area (Å²) in [6, 6.07) is 1.97. The molecule has 0 atom stereocenters. The summed E-state index contributed by atoms with van der Waals surface area (Å²) >= 11 is 0. The van der Waals surface area contributed by atoms with Crippen molar-refractivity contribution in [3.05, 3.63) is 27.9 Å². The van der Waals surface area contributed by atoms with Crippen LogP contribution in [0.5, 0.6) is 0 Å². The molecule has 0 aromatic carbocycles. The standard InChI is InChI=1S/C11H18N2O2/c1-3-9-8-10(4-2)13(6-5-7-14)11(15)12-9/h8,14H,3-7H2,1-2H3. The zero-order chi connectivity index (χ0) is 11.3. The Morgan fingerprint density at radius 3 is 2.67 bits per heavy atom. The number of aliphatic hydroxyl groups is 1. The van der Waals surface area contributed by atoms with Crippen molar-refractivity contribution in [2.24, 2.45) is 0 Å². The summed E-state index contributed by atoms with van der Waals surface area (Å²) < 4.78 is 1.65. The third kappa shape index (κ3) is 2.89.